The Kier molecular flexibility index (Phi) is 11.6. The van der Waals surface area contributed by atoms with E-state index in [1.807, 2.05) is 56.3 Å². The van der Waals surface area contributed by atoms with E-state index in [1.54, 1.807) is 23.1 Å². The first-order valence-electron chi connectivity index (χ1n) is 15.4. The second-order valence-corrected chi connectivity index (χ2v) is 13.8. The second-order valence-electron chi connectivity index (χ2n) is 11.9. The maximum atomic E-state index is 14.0. The van der Waals surface area contributed by atoms with Crippen LogP contribution < -0.4 is 9.62 Å². The van der Waals surface area contributed by atoms with Crippen LogP contribution >= 0.6 is 0 Å². The molecule has 1 unspecified atom stereocenters. The lowest BCUT2D eigenvalue weighted by Crippen LogP contribution is -2.52. The molecule has 9 heteroatoms. The first kappa shape index (κ1) is 33.2. The summed E-state index contributed by atoms with van der Waals surface area (Å²) in [7, 11) is -3.60. The minimum absolute atomic E-state index is 0.0417. The predicted molar refractivity (Wildman–Crippen MR) is 173 cm³/mol. The number of nitrogens with one attached hydrogen (secondary N) is 1. The van der Waals surface area contributed by atoms with E-state index < -0.39 is 16.1 Å². The highest BCUT2D eigenvalue weighted by Crippen LogP contribution is 2.23. The van der Waals surface area contributed by atoms with E-state index in [1.165, 1.54) is 16.4 Å². The Morgan fingerprint density at radius 2 is 1.59 bits per heavy atom. The van der Waals surface area contributed by atoms with E-state index in [-0.39, 0.29) is 49.6 Å². The van der Waals surface area contributed by atoms with Crippen LogP contribution in [0.2, 0.25) is 0 Å². The number of nitrogens with zero attached hydrogens (tertiary/aromatic N) is 2. The van der Waals surface area contributed by atoms with Crippen LogP contribution in [0.15, 0.2) is 72.8 Å². The first-order valence-corrected chi connectivity index (χ1v) is 17.3. The standard InChI is InChI=1S/C35H44FN3O4S/c1-26-16-21-32(23-27(26)2)39(44(3,42)43)22-10-15-34(40)38(25-29-17-19-30(36)20-18-29)33(24-28-11-6-4-7-12-28)35(41)37-31-13-8-5-9-14-31/h4,6-7,11-12,16-21,23,31,33H,5,8-10,13-15,22,24-25H2,1-3H3,(H,37,41). The summed E-state index contributed by atoms with van der Waals surface area (Å²) in [5.41, 5.74) is 4.22. The van der Waals surface area contributed by atoms with Crippen LogP contribution in [0.4, 0.5) is 10.1 Å². The molecule has 7 nitrogen and oxygen atoms in total. The lowest BCUT2D eigenvalue weighted by Gasteiger charge is -2.34. The molecule has 2 amide bonds. The van der Waals surface area contributed by atoms with Gasteiger partial charge in [-0.2, -0.15) is 0 Å². The van der Waals surface area contributed by atoms with Crippen molar-refractivity contribution in [2.24, 2.45) is 0 Å². The summed E-state index contributed by atoms with van der Waals surface area (Å²) in [4.78, 5) is 29.5. The van der Waals surface area contributed by atoms with Crippen molar-refractivity contribution in [1.29, 1.82) is 0 Å². The summed E-state index contributed by atoms with van der Waals surface area (Å²) in [5.74, 6) is -0.846. The molecule has 0 bridgehead atoms. The number of benzene rings is 3. The van der Waals surface area contributed by atoms with E-state index in [9.17, 15) is 22.4 Å². The number of hydrogen-bond acceptors (Lipinski definition) is 4. The zero-order valence-electron chi connectivity index (χ0n) is 26.0. The number of hydrogen-bond donors (Lipinski definition) is 1. The lowest BCUT2D eigenvalue weighted by molar-refractivity contribution is -0.141. The molecule has 1 N–H and O–H groups in total. The Balaban J connectivity index is 1.59. The summed E-state index contributed by atoms with van der Waals surface area (Å²) in [6, 6.07) is 20.3. The van der Waals surface area contributed by atoms with Crippen molar-refractivity contribution in [3.8, 4) is 0 Å². The normalized spacial score (nSPS) is 14.5. The van der Waals surface area contributed by atoms with Crippen molar-refractivity contribution in [2.75, 3.05) is 17.1 Å². The quantitative estimate of drug-likeness (QED) is 0.251. The number of carbonyl (C=O) groups excluding carboxylic acids is 2. The maximum Gasteiger partial charge on any atom is 0.243 e. The van der Waals surface area contributed by atoms with Gasteiger partial charge in [0, 0.05) is 32.0 Å². The molecular formula is C35H44FN3O4S. The van der Waals surface area contributed by atoms with Gasteiger partial charge in [-0.05, 0) is 79.6 Å². The van der Waals surface area contributed by atoms with Gasteiger partial charge in [0.2, 0.25) is 21.8 Å². The van der Waals surface area contributed by atoms with Crippen molar-refractivity contribution in [3.63, 3.8) is 0 Å². The Morgan fingerprint density at radius 1 is 0.909 bits per heavy atom. The fourth-order valence-electron chi connectivity index (χ4n) is 5.77. The largest absolute Gasteiger partial charge is 0.352 e. The number of carbonyl (C=O) groups is 2. The van der Waals surface area contributed by atoms with Gasteiger partial charge in [-0.15, -0.1) is 0 Å². The van der Waals surface area contributed by atoms with Crippen LogP contribution in [0.5, 0.6) is 0 Å². The van der Waals surface area contributed by atoms with Crippen molar-refractivity contribution in [2.45, 2.75) is 83.8 Å². The number of amides is 2. The highest BCUT2D eigenvalue weighted by atomic mass is 32.2. The predicted octanol–water partition coefficient (Wildman–Crippen LogP) is 6.08. The zero-order valence-corrected chi connectivity index (χ0v) is 26.8. The summed E-state index contributed by atoms with van der Waals surface area (Å²) in [5, 5.41) is 3.21. The number of anilines is 1. The van der Waals surface area contributed by atoms with Crippen LogP contribution in [-0.2, 0) is 32.6 Å². The van der Waals surface area contributed by atoms with Gasteiger partial charge in [-0.1, -0.05) is 67.8 Å². The summed E-state index contributed by atoms with van der Waals surface area (Å²) in [6.07, 6.45) is 6.89. The molecule has 236 valence electrons. The number of halogens is 1. The van der Waals surface area contributed by atoms with Gasteiger partial charge < -0.3 is 10.2 Å². The van der Waals surface area contributed by atoms with Gasteiger partial charge >= 0.3 is 0 Å². The fraction of sp³-hybridized carbons (Fsp3) is 0.429. The third-order valence-corrected chi connectivity index (χ3v) is 9.61. The van der Waals surface area contributed by atoms with Gasteiger partial charge in [0.15, 0.2) is 0 Å². The van der Waals surface area contributed by atoms with E-state index in [0.29, 0.717) is 17.7 Å². The number of rotatable bonds is 13. The first-order chi connectivity index (χ1) is 21.0. The highest BCUT2D eigenvalue weighted by molar-refractivity contribution is 7.92. The molecule has 0 aromatic heterocycles. The molecule has 0 aliphatic heterocycles. The highest BCUT2D eigenvalue weighted by Gasteiger charge is 2.32. The molecule has 0 heterocycles. The van der Waals surface area contributed by atoms with Gasteiger partial charge in [0.1, 0.15) is 11.9 Å². The molecule has 4 rings (SSSR count). The Morgan fingerprint density at radius 3 is 2.23 bits per heavy atom. The minimum Gasteiger partial charge on any atom is -0.352 e. The van der Waals surface area contributed by atoms with E-state index in [2.05, 4.69) is 5.32 Å². The molecule has 44 heavy (non-hydrogen) atoms. The zero-order chi connectivity index (χ0) is 31.7. The SMILES string of the molecule is Cc1ccc(N(CCCC(=O)N(Cc2ccc(F)cc2)C(Cc2ccccc2)C(=O)NC2CCCCC2)S(C)(=O)=O)cc1C. The average molecular weight is 622 g/mol. The van der Waals surface area contributed by atoms with Crippen LogP contribution in [-0.4, -0.2) is 50.0 Å². The monoisotopic (exact) mass is 621 g/mol. The molecule has 1 saturated carbocycles. The molecule has 3 aromatic rings. The van der Waals surface area contributed by atoms with Gasteiger partial charge in [-0.3, -0.25) is 13.9 Å². The Bertz CT molecular complexity index is 1510. The molecule has 1 fully saturated rings. The molecule has 0 spiro atoms. The lowest BCUT2D eigenvalue weighted by atomic mass is 9.94. The smallest absolute Gasteiger partial charge is 0.243 e. The second kappa shape index (κ2) is 15.3. The molecule has 1 atom stereocenters. The van der Waals surface area contributed by atoms with E-state index in [0.717, 1.165) is 55.1 Å². The summed E-state index contributed by atoms with van der Waals surface area (Å²) < 4.78 is 40.6. The van der Waals surface area contributed by atoms with Crippen molar-refractivity contribution < 1.29 is 22.4 Å². The molecule has 1 aliphatic carbocycles. The van der Waals surface area contributed by atoms with Gasteiger partial charge in [-0.25, -0.2) is 12.8 Å². The van der Waals surface area contributed by atoms with E-state index >= 15 is 0 Å². The average Bonchev–Trinajstić information content (AvgIpc) is 3.00. The minimum atomic E-state index is -3.60. The van der Waals surface area contributed by atoms with Crippen molar-refractivity contribution >= 4 is 27.5 Å². The molecular weight excluding hydrogens is 577 g/mol. The molecule has 3 aromatic carbocycles. The van der Waals surface area contributed by atoms with E-state index in [4.69, 9.17) is 0 Å². The van der Waals surface area contributed by atoms with Crippen molar-refractivity contribution in [3.05, 3.63) is 101 Å². The van der Waals surface area contributed by atoms with Crippen LogP contribution in [0.25, 0.3) is 0 Å². The fourth-order valence-corrected chi connectivity index (χ4v) is 6.73. The Hall–Kier alpha value is -3.72. The molecule has 0 radical (unpaired) electrons. The maximum absolute atomic E-state index is 14.0. The summed E-state index contributed by atoms with van der Waals surface area (Å²) in [6.45, 7) is 4.15. The van der Waals surface area contributed by atoms with Gasteiger partial charge in [0.25, 0.3) is 0 Å². The van der Waals surface area contributed by atoms with Crippen LogP contribution in [0.1, 0.15) is 67.2 Å². The number of sulfonamides is 1. The van der Waals surface area contributed by atoms with Crippen LogP contribution in [0, 0.1) is 19.7 Å². The Labute approximate surface area is 261 Å². The molecule has 0 saturated heterocycles. The molecule has 1 aliphatic rings. The third kappa shape index (κ3) is 9.39. The van der Waals surface area contributed by atoms with Crippen LogP contribution in [0.3, 0.4) is 0 Å². The van der Waals surface area contributed by atoms with Crippen molar-refractivity contribution in [1.82, 2.24) is 10.2 Å². The number of aryl methyl sites for hydroxylation is 2. The topological polar surface area (TPSA) is 86.8 Å². The summed E-state index contributed by atoms with van der Waals surface area (Å²) >= 11 is 0. The van der Waals surface area contributed by atoms with Gasteiger partial charge in [0.05, 0.1) is 11.9 Å². The third-order valence-electron chi connectivity index (χ3n) is 8.42.